The molecule has 0 aliphatic rings. The molecule has 8 heteroatoms. The van der Waals surface area contributed by atoms with E-state index in [9.17, 15) is 18.0 Å². The van der Waals surface area contributed by atoms with Crippen LogP contribution in [-0.4, -0.2) is 30.1 Å². The number of aryl methyl sites for hydroxylation is 1. The lowest BCUT2D eigenvalue weighted by molar-refractivity contribution is -0.140. The number of furan rings is 1. The Morgan fingerprint density at radius 3 is 2.40 bits per heavy atom. The molecule has 138 valence electrons. The number of benzene rings is 1. The predicted octanol–water partition coefficient (Wildman–Crippen LogP) is 3.72. The van der Waals surface area contributed by atoms with Gasteiger partial charge in [0.05, 0.1) is 12.1 Å². The summed E-state index contributed by atoms with van der Waals surface area (Å²) in [5.41, 5.74) is 7.40. The first-order chi connectivity index (χ1) is 11.3. The maximum atomic E-state index is 12.8. The molecule has 0 spiro atoms. The molecule has 0 saturated heterocycles. The Balaban J connectivity index is 0.00000312. The average Bonchev–Trinajstić information content (AvgIpc) is 3.00. The smallest absolute Gasteiger partial charge is 0.406 e. The normalized spacial score (nSPS) is 11.1. The molecule has 1 amide bonds. The zero-order chi connectivity index (χ0) is 17.7. The first-order valence-corrected chi connectivity index (χ1v) is 7.47. The van der Waals surface area contributed by atoms with Crippen LogP contribution in [0.25, 0.3) is 0 Å². The van der Waals surface area contributed by atoms with E-state index in [2.05, 4.69) is 0 Å². The average molecular weight is 377 g/mol. The summed E-state index contributed by atoms with van der Waals surface area (Å²) in [4.78, 5) is 13.1. The lowest BCUT2D eigenvalue weighted by Gasteiger charge is -2.23. The van der Waals surface area contributed by atoms with Crippen LogP contribution in [0.2, 0.25) is 0 Å². The molecular formula is C17H20ClF3N2O2. The number of nitrogens with zero attached hydrogens (tertiary/aromatic N) is 1. The lowest BCUT2D eigenvalue weighted by Crippen LogP contribution is -2.40. The predicted molar refractivity (Wildman–Crippen MR) is 90.7 cm³/mol. The van der Waals surface area contributed by atoms with Crippen LogP contribution in [0.1, 0.15) is 27.2 Å². The highest BCUT2D eigenvalue weighted by Crippen LogP contribution is 2.19. The summed E-state index contributed by atoms with van der Waals surface area (Å²) < 4.78 is 43.4. The van der Waals surface area contributed by atoms with Crippen molar-refractivity contribution < 1.29 is 22.4 Å². The molecule has 1 aromatic heterocycles. The van der Waals surface area contributed by atoms with Crippen LogP contribution < -0.4 is 5.73 Å². The second-order valence-corrected chi connectivity index (χ2v) is 5.58. The minimum atomic E-state index is -4.47. The molecule has 0 radical (unpaired) electrons. The topological polar surface area (TPSA) is 59.5 Å². The van der Waals surface area contributed by atoms with Crippen molar-refractivity contribution in [2.75, 3.05) is 13.1 Å². The van der Waals surface area contributed by atoms with Crippen molar-refractivity contribution in [3.63, 3.8) is 0 Å². The quantitative estimate of drug-likeness (QED) is 0.836. The summed E-state index contributed by atoms with van der Waals surface area (Å²) in [5, 5.41) is 0. The van der Waals surface area contributed by atoms with Crippen LogP contribution in [0.15, 0.2) is 41.0 Å². The Labute approximate surface area is 150 Å². The summed E-state index contributed by atoms with van der Waals surface area (Å²) in [6, 6.07) is 8.83. The van der Waals surface area contributed by atoms with Crippen molar-refractivity contribution in [1.82, 2.24) is 4.90 Å². The third kappa shape index (κ3) is 6.43. The summed E-state index contributed by atoms with van der Waals surface area (Å²) in [6.45, 7) is 0.665. The molecule has 0 atom stereocenters. The molecule has 0 fully saturated rings. The van der Waals surface area contributed by atoms with Crippen molar-refractivity contribution in [3.8, 4) is 0 Å². The molecule has 0 unspecified atom stereocenters. The van der Waals surface area contributed by atoms with Crippen LogP contribution in [0.3, 0.4) is 0 Å². The third-order valence-corrected chi connectivity index (χ3v) is 3.55. The maximum Gasteiger partial charge on any atom is 0.406 e. The lowest BCUT2D eigenvalue weighted by atomic mass is 10.1. The molecule has 1 aromatic carbocycles. The Hall–Kier alpha value is -1.99. The Morgan fingerprint density at radius 2 is 1.88 bits per heavy atom. The number of hydrogen-bond donors (Lipinski definition) is 1. The molecule has 25 heavy (non-hydrogen) atoms. The highest BCUT2D eigenvalue weighted by atomic mass is 35.5. The number of carbonyl (C=O) groups excluding carboxylic acids is 1. The van der Waals surface area contributed by atoms with Gasteiger partial charge in [-0.25, -0.2) is 0 Å². The van der Waals surface area contributed by atoms with Gasteiger partial charge in [-0.2, -0.15) is 13.2 Å². The van der Waals surface area contributed by atoms with Gasteiger partial charge in [-0.15, -0.1) is 12.4 Å². The number of carbonyl (C=O) groups is 1. The molecule has 0 bridgehead atoms. The minimum absolute atomic E-state index is 0. The minimum Gasteiger partial charge on any atom is -0.467 e. The van der Waals surface area contributed by atoms with E-state index in [-0.39, 0.29) is 31.1 Å². The first-order valence-electron chi connectivity index (χ1n) is 7.47. The molecule has 0 aliphatic heterocycles. The van der Waals surface area contributed by atoms with Gasteiger partial charge in [-0.3, -0.25) is 4.79 Å². The van der Waals surface area contributed by atoms with Gasteiger partial charge >= 0.3 is 6.18 Å². The molecule has 0 aliphatic carbocycles. The van der Waals surface area contributed by atoms with Crippen molar-refractivity contribution in [1.29, 1.82) is 0 Å². The van der Waals surface area contributed by atoms with Gasteiger partial charge in [0.1, 0.15) is 18.6 Å². The van der Waals surface area contributed by atoms with Gasteiger partial charge in [0.2, 0.25) is 0 Å². The van der Waals surface area contributed by atoms with Gasteiger partial charge in [0, 0.05) is 6.54 Å². The molecule has 1 heterocycles. The monoisotopic (exact) mass is 376 g/mol. The second kappa shape index (κ2) is 8.92. The summed E-state index contributed by atoms with van der Waals surface area (Å²) in [7, 11) is 0. The van der Waals surface area contributed by atoms with E-state index in [1.165, 1.54) is 6.07 Å². The third-order valence-electron chi connectivity index (χ3n) is 3.55. The fourth-order valence-electron chi connectivity index (χ4n) is 2.27. The van der Waals surface area contributed by atoms with E-state index >= 15 is 0 Å². The maximum absolute atomic E-state index is 12.8. The van der Waals surface area contributed by atoms with Crippen LogP contribution >= 0.6 is 12.4 Å². The number of rotatable bonds is 6. The van der Waals surface area contributed by atoms with Crippen LogP contribution in [0, 0.1) is 6.92 Å². The van der Waals surface area contributed by atoms with Crippen LogP contribution in [-0.2, 0) is 13.0 Å². The molecule has 2 rings (SSSR count). The zero-order valence-corrected chi connectivity index (χ0v) is 14.5. The fourth-order valence-corrected chi connectivity index (χ4v) is 2.27. The van der Waals surface area contributed by atoms with E-state index in [1.807, 2.05) is 31.2 Å². The van der Waals surface area contributed by atoms with Crippen molar-refractivity contribution in [3.05, 3.63) is 59.0 Å². The zero-order valence-electron chi connectivity index (χ0n) is 13.7. The van der Waals surface area contributed by atoms with E-state index in [4.69, 9.17) is 10.2 Å². The number of hydrogen-bond acceptors (Lipinski definition) is 3. The highest BCUT2D eigenvalue weighted by molar-refractivity contribution is 5.94. The summed E-state index contributed by atoms with van der Waals surface area (Å²) >= 11 is 0. The highest BCUT2D eigenvalue weighted by Gasteiger charge is 2.33. The Bertz CT molecular complexity index is 684. The Morgan fingerprint density at radius 1 is 1.24 bits per heavy atom. The van der Waals surface area contributed by atoms with Crippen molar-refractivity contribution >= 4 is 18.3 Å². The van der Waals surface area contributed by atoms with E-state index in [1.54, 1.807) is 0 Å². The van der Waals surface area contributed by atoms with Crippen LogP contribution in [0.5, 0.6) is 0 Å². The van der Waals surface area contributed by atoms with Crippen molar-refractivity contribution in [2.45, 2.75) is 26.1 Å². The first kappa shape index (κ1) is 21.1. The van der Waals surface area contributed by atoms with E-state index < -0.39 is 18.6 Å². The molecule has 4 nitrogen and oxygen atoms in total. The van der Waals surface area contributed by atoms with E-state index in [0.717, 1.165) is 22.3 Å². The van der Waals surface area contributed by atoms with Gasteiger partial charge < -0.3 is 15.1 Å². The van der Waals surface area contributed by atoms with Gasteiger partial charge in [0.25, 0.3) is 5.91 Å². The molecule has 2 aromatic rings. The fraction of sp³-hybridized carbons (Fsp3) is 0.353. The van der Waals surface area contributed by atoms with Crippen LogP contribution in [0.4, 0.5) is 13.2 Å². The van der Waals surface area contributed by atoms with Gasteiger partial charge in [-0.1, -0.05) is 29.8 Å². The number of amides is 1. The van der Waals surface area contributed by atoms with Gasteiger partial charge in [0.15, 0.2) is 0 Å². The SMILES string of the molecule is Cc1ccc(CCN(CC(F)(F)F)C(=O)c2coc(CN)c2)cc1.Cl. The van der Waals surface area contributed by atoms with E-state index in [0.29, 0.717) is 12.2 Å². The number of alkyl halides is 3. The number of halogens is 4. The molecular weight excluding hydrogens is 357 g/mol. The summed E-state index contributed by atoms with van der Waals surface area (Å²) in [5.74, 6) is -0.369. The van der Waals surface area contributed by atoms with Gasteiger partial charge in [-0.05, 0) is 25.0 Å². The molecule has 0 saturated carbocycles. The second-order valence-electron chi connectivity index (χ2n) is 5.58. The Kier molecular flexibility index (Phi) is 7.51. The molecule has 2 N–H and O–H groups in total. The number of nitrogens with two attached hydrogens (primary N) is 1. The van der Waals surface area contributed by atoms with Crippen molar-refractivity contribution in [2.24, 2.45) is 5.73 Å². The standard InChI is InChI=1S/C17H19F3N2O2.ClH/c1-12-2-4-13(5-3-12)6-7-22(11-17(18,19)20)16(23)14-8-15(9-21)24-10-14;/h2-5,8,10H,6-7,9,11,21H2,1H3;1H. The summed E-state index contributed by atoms with van der Waals surface area (Å²) in [6.07, 6.45) is -2.99. The largest absolute Gasteiger partial charge is 0.467 e.